The molecule has 2 aliphatic heterocycles. The molecule has 4 heteroatoms. The van der Waals surface area contributed by atoms with Crippen LogP contribution in [-0.4, -0.2) is 42.2 Å². The molecule has 0 aromatic heterocycles. The first-order chi connectivity index (χ1) is 9.65. The molecule has 2 saturated heterocycles. The highest BCUT2D eigenvalue weighted by Crippen LogP contribution is 2.33. The number of nitrogens with zero attached hydrogens (tertiary/aromatic N) is 2. The molecule has 1 aromatic carbocycles. The first-order valence-corrected chi connectivity index (χ1v) is 8.41. The van der Waals surface area contributed by atoms with Crippen molar-refractivity contribution < 1.29 is 5.11 Å². The number of benzene rings is 1. The van der Waals surface area contributed by atoms with E-state index in [-0.39, 0.29) is 0 Å². The Labute approximate surface area is 129 Å². The fourth-order valence-electron chi connectivity index (χ4n) is 3.51. The molecule has 2 heterocycles. The molecule has 0 radical (unpaired) electrons. The highest BCUT2D eigenvalue weighted by Gasteiger charge is 2.30. The molecule has 20 heavy (non-hydrogen) atoms. The van der Waals surface area contributed by atoms with Gasteiger partial charge in [0.05, 0.1) is 6.10 Å². The summed E-state index contributed by atoms with van der Waals surface area (Å²) in [5.41, 5.74) is 2.23. The van der Waals surface area contributed by atoms with Crippen molar-refractivity contribution in [3.63, 3.8) is 0 Å². The number of hydrogen-bond acceptors (Lipinski definition) is 3. The van der Waals surface area contributed by atoms with Crippen LogP contribution < -0.4 is 4.90 Å². The fourth-order valence-corrected chi connectivity index (χ4v) is 3.86. The van der Waals surface area contributed by atoms with E-state index in [2.05, 4.69) is 31.8 Å². The summed E-state index contributed by atoms with van der Waals surface area (Å²) in [6.07, 6.45) is 3.54. The molecule has 0 bridgehead atoms. The molecule has 0 spiro atoms. The number of aliphatic hydroxyl groups excluding tert-OH is 1. The smallest absolute Gasteiger partial charge is 0.0782 e. The lowest BCUT2D eigenvalue weighted by atomic mass is 10.1. The summed E-state index contributed by atoms with van der Waals surface area (Å²) < 4.78 is 1.08. The zero-order chi connectivity index (χ0) is 14.1. The molecule has 110 valence electrons. The van der Waals surface area contributed by atoms with Gasteiger partial charge < -0.3 is 10.0 Å². The molecule has 0 aliphatic carbocycles. The van der Waals surface area contributed by atoms with Gasteiger partial charge in [0.25, 0.3) is 0 Å². The van der Waals surface area contributed by atoms with Gasteiger partial charge in [-0.25, -0.2) is 0 Å². The molecule has 2 unspecified atom stereocenters. The summed E-state index contributed by atoms with van der Waals surface area (Å²) in [4.78, 5) is 5.08. The van der Waals surface area contributed by atoms with E-state index in [1.54, 1.807) is 0 Å². The first-order valence-electron chi connectivity index (χ1n) is 7.61. The van der Waals surface area contributed by atoms with Gasteiger partial charge in [-0.05, 0) is 51.4 Å². The average molecular weight is 339 g/mol. The number of hydrogen-bond donors (Lipinski definition) is 1. The summed E-state index contributed by atoms with van der Waals surface area (Å²) in [6.45, 7) is 6.56. The third-order valence-electron chi connectivity index (χ3n) is 4.60. The van der Waals surface area contributed by atoms with Crippen LogP contribution in [0.25, 0.3) is 0 Å². The van der Waals surface area contributed by atoms with Gasteiger partial charge in [0, 0.05) is 34.9 Å². The van der Waals surface area contributed by atoms with Crippen molar-refractivity contribution in [2.45, 2.75) is 38.3 Å². The van der Waals surface area contributed by atoms with Gasteiger partial charge in [-0.15, -0.1) is 0 Å². The maximum atomic E-state index is 9.98. The highest BCUT2D eigenvalue weighted by molar-refractivity contribution is 9.10. The van der Waals surface area contributed by atoms with E-state index in [1.165, 1.54) is 38.0 Å². The van der Waals surface area contributed by atoms with Crippen LogP contribution in [-0.2, 0) is 0 Å². The van der Waals surface area contributed by atoms with Gasteiger partial charge in [-0.3, -0.25) is 4.90 Å². The third-order valence-corrected chi connectivity index (χ3v) is 5.10. The number of anilines is 1. The van der Waals surface area contributed by atoms with Crippen LogP contribution in [0.15, 0.2) is 22.7 Å². The second-order valence-corrected chi connectivity index (χ2v) is 6.93. The van der Waals surface area contributed by atoms with Gasteiger partial charge >= 0.3 is 0 Å². The van der Waals surface area contributed by atoms with Gasteiger partial charge in [0.15, 0.2) is 0 Å². The number of halogens is 1. The molecule has 2 atom stereocenters. The van der Waals surface area contributed by atoms with Crippen LogP contribution in [0, 0.1) is 0 Å². The van der Waals surface area contributed by atoms with E-state index in [4.69, 9.17) is 0 Å². The molecule has 3 rings (SSSR count). The van der Waals surface area contributed by atoms with Crippen LogP contribution in [0.2, 0.25) is 0 Å². The van der Waals surface area contributed by atoms with E-state index >= 15 is 0 Å². The zero-order valence-corrected chi connectivity index (χ0v) is 13.6. The van der Waals surface area contributed by atoms with E-state index in [9.17, 15) is 5.11 Å². The second-order valence-electron chi connectivity index (χ2n) is 6.01. The monoisotopic (exact) mass is 338 g/mol. The summed E-state index contributed by atoms with van der Waals surface area (Å²) in [5.74, 6) is 0. The van der Waals surface area contributed by atoms with Gasteiger partial charge in [-0.1, -0.05) is 22.0 Å². The largest absolute Gasteiger partial charge is 0.389 e. The summed E-state index contributed by atoms with van der Waals surface area (Å²) >= 11 is 3.56. The van der Waals surface area contributed by atoms with Crippen LogP contribution in [0.3, 0.4) is 0 Å². The standard InChI is InChI=1S/C16H23BrN2O/c1-12(20)15-5-4-13(17)10-16(15)19-9-6-14(11-19)18-7-2-3-8-18/h4-5,10,12,14,20H,2-3,6-9,11H2,1H3. The molecule has 3 nitrogen and oxygen atoms in total. The fraction of sp³-hybridized carbons (Fsp3) is 0.625. The topological polar surface area (TPSA) is 26.7 Å². The van der Waals surface area contributed by atoms with Crippen molar-refractivity contribution in [2.24, 2.45) is 0 Å². The minimum absolute atomic E-state index is 0.413. The minimum Gasteiger partial charge on any atom is -0.389 e. The zero-order valence-electron chi connectivity index (χ0n) is 12.1. The summed E-state index contributed by atoms with van der Waals surface area (Å²) in [5, 5.41) is 9.98. The Morgan fingerprint density at radius 2 is 2.00 bits per heavy atom. The van der Waals surface area contributed by atoms with E-state index in [0.717, 1.165) is 23.1 Å². The summed E-state index contributed by atoms with van der Waals surface area (Å²) in [6, 6.07) is 6.89. The number of likely N-dealkylation sites (tertiary alicyclic amines) is 1. The minimum atomic E-state index is -0.413. The van der Waals surface area contributed by atoms with Gasteiger partial charge in [-0.2, -0.15) is 0 Å². The lowest BCUT2D eigenvalue weighted by molar-refractivity contribution is 0.199. The predicted molar refractivity (Wildman–Crippen MR) is 86.2 cm³/mol. The summed E-state index contributed by atoms with van der Waals surface area (Å²) in [7, 11) is 0. The molecule has 2 aliphatic rings. The van der Waals surface area contributed by atoms with Crippen molar-refractivity contribution in [1.82, 2.24) is 4.90 Å². The maximum Gasteiger partial charge on any atom is 0.0782 e. The molecular formula is C16H23BrN2O. The van der Waals surface area contributed by atoms with Gasteiger partial charge in [0.1, 0.15) is 0 Å². The van der Waals surface area contributed by atoms with Crippen molar-refractivity contribution in [1.29, 1.82) is 0 Å². The van der Waals surface area contributed by atoms with Crippen LogP contribution in [0.4, 0.5) is 5.69 Å². The Balaban J connectivity index is 1.78. The maximum absolute atomic E-state index is 9.98. The van der Waals surface area contributed by atoms with Gasteiger partial charge in [0.2, 0.25) is 0 Å². The highest BCUT2D eigenvalue weighted by atomic mass is 79.9. The Morgan fingerprint density at radius 1 is 1.25 bits per heavy atom. The van der Waals surface area contributed by atoms with Crippen molar-refractivity contribution in [3.05, 3.63) is 28.2 Å². The van der Waals surface area contributed by atoms with Crippen molar-refractivity contribution in [2.75, 3.05) is 31.1 Å². The van der Waals surface area contributed by atoms with Crippen molar-refractivity contribution >= 4 is 21.6 Å². The number of aliphatic hydroxyl groups is 1. The number of rotatable bonds is 3. The van der Waals surface area contributed by atoms with Crippen LogP contribution >= 0.6 is 15.9 Å². The second kappa shape index (κ2) is 6.04. The molecule has 1 aromatic rings. The van der Waals surface area contributed by atoms with Crippen LogP contribution in [0.5, 0.6) is 0 Å². The van der Waals surface area contributed by atoms with Crippen molar-refractivity contribution in [3.8, 4) is 0 Å². The first kappa shape index (κ1) is 14.4. The SMILES string of the molecule is CC(O)c1ccc(Br)cc1N1CCC(N2CCCC2)C1. The Morgan fingerprint density at radius 3 is 2.70 bits per heavy atom. The lowest BCUT2D eigenvalue weighted by Crippen LogP contribution is -2.35. The predicted octanol–water partition coefficient (Wildman–Crippen LogP) is 3.18. The lowest BCUT2D eigenvalue weighted by Gasteiger charge is -2.26. The molecular weight excluding hydrogens is 316 g/mol. The Bertz CT molecular complexity index is 472. The molecule has 1 N–H and O–H groups in total. The Kier molecular flexibility index (Phi) is 4.34. The quantitative estimate of drug-likeness (QED) is 0.916. The average Bonchev–Trinajstić information content (AvgIpc) is 3.09. The van der Waals surface area contributed by atoms with E-state index in [1.807, 2.05) is 19.1 Å². The Hall–Kier alpha value is -0.580. The molecule has 2 fully saturated rings. The van der Waals surface area contributed by atoms with Crippen LogP contribution in [0.1, 0.15) is 37.9 Å². The van der Waals surface area contributed by atoms with E-state index < -0.39 is 6.10 Å². The normalized spacial score (nSPS) is 25.4. The van der Waals surface area contributed by atoms with E-state index in [0.29, 0.717) is 6.04 Å². The molecule has 0 saturated carbocycles. The molecule has 0 amide bonds. The third kappa shape index (κ3) is 2.87.